The zero-order valence-corrected chi connectivity index (χ0v) is 9.46. The Labute approximate surface area is 94.1 Å². The van der Waals surface area contributed by atoms with Gasteiger partial charge < -0.3 is 9.67 Å². The molecule has 0 spiro atoms. The van der Waals surface area contributed by atoms with Crippen LogP contribution in [0.4, 0.5) is 0 Å². The molecule has 0 saturated heterocycles. The maximum Gasteiger partial charge on any atom is 0.0669 e. The third-order valence-corrected chi connectivity index (χ3v) is 2.94. The van der Waals surface area contributed by atoms with E-state index < -0.39 is 0 Å². The van der Waals surface area contributed by atoms with E-state index in [1.807, 2.05) is 23.7 Å². The molecule has 0 bridgehead atoms. The lowest BCUT2D eigenvalue weighted by molar-refractivity contribution is 0.288. The van der Waals surface area contributed by atoms with Gasteiger partial charge in [-0.3, -0.25) is 0 Å². The summed E-state index contributed by atoms with van der Waals surface area (Å²) in [7, 11) is 2.00. The fraction of sp³-hybridized carbons (Fsp3) is 0.333. The average Bonchev–Trinajstić information content (AvgIpc) is 2.54. The van der Waals surface area contributed by atoms with Crippen molar-refractivity contribution in [3.8, 4) is 0 Å². The lowest BCUT2D eigenvalue weighted by Gasteiger charge is -1.98. The Hall–Kier alpha value is -0.990. The van der Waals surface area contributed by atoms with Crippen LogP contribution in [0.1, 0.15) is 12.0 Å². The lowest BCUT2D eigenvalue weighted by Crippen LogP contribution is -1.87. The van der Waals surface area contributed by atoms with Gasteiger partial charge in [-0.15, -0.1) is 0 Å². The standard InChI is InChI=1S/C12H14ClNO/c1-14-8-9(4-3-7-15)10-5-2-6-11(13)12(10)14/h2,5-6,8,15H,3-4,7H2,1H3. The van der Waals surface area contributed by atoms with Crippen molar-refractivity contribution in [2.45, 2.75) is 12.8 Å². The van der Waals surface area contributed by atoms with Crippen LogP contribution in [0.5, 0.6) is 0 Å². The molecule has 0 aliphatic rings. The topological polar surface area (TPSA) is 25.2 Å². The molecule has 1 N–H and O–H groups in total. The van der Waals surface area contributed by atoms with Crippen LogP contribution in [-0.4, -0.2) is 16.3 Å². The van der Waals surface area contributed by atoms with Crippen LogP contribution in [0.3, 0.4) is 0 Å². The second kappa shape index (κ2) is 4.25. The molecule has 0 aliphatic carbocycles. The van der Waals surface area contributed by atoms with Crippen molar-refractivity contribution in [1.29, 1.82) is 0 Å². The van der Waals surface area contributed by atoms with Crippen molar-refractivity contribution in [2.24, 2.45) is 7.05 Å². The predicted molar refractivity (Wildman–Crippen MR) is 63.3 cm³/mol. The molecule has 0 aliphatic heterocycles. The summed E-state index contributed by atoms with van der Waals surface area (Å²) in [5, 5.41) is 10.8. The molecule has 3 heteroatoms. The number of aliphatic hydroxyl groups excluding tert-OH is 1. The number of aryl methyl sites for hydroxylation is 2. The second-order valence-electron chi connectivity index (χ2n) is 3.73. The van der Waals surface area contributed by atoms with Crippen LogP contribution in [0.25, 0.3) is 10.9 Å². The highest BCUT2D eigenvalue weighted by Crippen LogP contribution is 2.27. The van der Waals surface area contributed by atoms with E-state index >= 15 is 0 Å². The van der Waals surface area contributed by atoms with Crippen LogP contribution in [0.15, 0.2) is 24.4 Å². The van der Waals surface area contributed by atoms with E-state index in [4.69, 9.17) is 16.7 Å². The predicted octanol–water partition coefficient (Wildman–Crippen LogP) is 2.76. The molecule has 80 valence electrons. The van der Waals surface area contributed by atoms with Gasteiger partial charge in [0.1, 0.15) is 0 Å². The number of aliphatic hydroxyl groups is 1. The Morgan fingerprint density at radius 2 is 2.20 bits per heavy atom. The first-order valence-electron chi connectivity index (χ1n) is 5.07. The largest absolute Gasteiger partial charge is 0.396 e. The number of nitrogens with zero attached hydrogens (tertiary/aromatic N) is 1. The first kappa shape index (κ1) is 10.5. The molecule has 0 atom stereocenters. The Kier molecular flexibility index (Phi) is 2.98. The Morgan fingerprint density at radius 3 is 2.93 bits per heavy atom. The molecule has 1 aromatic heterocycles. The van der Waals surface area contributed by atoms with Crippen molar-refractivity contribution in [3.05, 3.63) is 35.0 Å². The van der Waals surface area contributed by atoms with Gasteiger partial charge in [0.2, 0.25) is 0 Å². The molecule has 0 saturated carbocycles. The summed E-state index contributed by atoms with van der Waals surface area (Å²) in [6.45, 7) is 0.233. The van der Waals surface area contributed by atoms with Crippen LogP contribution >= 0.6 is 11.6 Å². The van der Waals surface area contributed by atoms with Gasteiger partial charge in [0.05, 0.1) is 10.5 Å². The smallest absolute Gasteiger partial charge is 0.0669 e. The van der Waals surface area contributed by atoms with E-state index in [1.54, 1.807) is 0 Å². The summed E-state index contributed by atoms with van der Waals surface area (Å²) in [5.41, 5.74) is 2.33. The number of hydrogen-bond acceptors (Lipinski definition) is 1. The third kappa shape index (κ3) is 1.87. The molecule has 2 nitrogen and oxygen atoms in total. The molecule has 2 rings (SSSR count). The minimum Gasteiger partial charge on any atom is -0.396 e. The van der Waals surface area contributed by atoms with Crippen LogP contribution in [-0.2, 0) is 13.5 Å². The number of rotatable bonds is 3. The fourth-order valence-corrected chi connectivity index (χ4v) is 2.28. The molecule has 0 radical (unpaired) electrons. The molecule has 0 unspecified atom stereocenters. The molecule has 2 aromatic rings. The quantitative estimate of drug-likeness (QED) is 0.851. The minimum absolute atomic E-state index is 0.233. The zero-order chi connectivity index (χ0) is 10.8. The fourth-order valence-electron chi connectivity index (χ4n) is 1.97. The van der Waals surface area contributed by atoms with E-state index in [-0.39, 0.29) is 6.61 Å². The highest BCUT2D eigenvalue weighted by molar-refractivity contribution is 6.35. The Morgan fingerprint density at radius 1 is 1.40 bits per heavy atom. The molecular formula is C12H14ClNO. The number of halogens is 1. The maximum atomic E-state index is 8.83. The summed E-state index contributed by atoms with van der Waals surface area (Å²) in [6, 6.07) is 5.95. The number of hydrogen-bond donors (Lipinski definition) is 1. The third-order valence-electron chi connectivity index (χ3n) is 2.64. The number of benzene rings is 1. The van der Waals surface area contributed by atoms with Gasteiger partial charge in [0.15, 0.2) is 0 Å². The highest BCUT2D eigenvalue weighted by atomic mass is 35.5. The van der Waals surface area contributed by atoms with Crippen molar-refractivity contribution >= 4 is 22.5 Å². The van der Waals surface area contributed by atoms with Gasteiger partial charge in [-0.05, 0) is 24.5 Å². The van der Waals surface area contributed by atoms with Crippen LogP contribution < -0.4 is 0 Å². The summed E-state index contributed by atoms with van der Waals surface area (Å²) in [5.74, 6) is 0. The average molecular weight is 224 g/mol. The second-order valence-corrected chi connectivity index (χ2v) is 4.14. The van der Waals surface area contributed by atoms with Gasteiger partial charge in [0.25, 0.3) is 0 Å². The van der Waals surface area contributed by atoms with Crippen molar-refractivity contribution in [1.82, 2.24) is 4.57 Å². The monoisotopic (exact) mass is 223 g/mol. The van der Waals surface area contributed by atoms with E-state index in [2.05, 4.69) is 12.3 Å². The van der Waals surface area contributed by atoms with E-state index in [0.29, 0.717) is 0 Å². The zero-order valence-electron chi connectivity index (χ0n) is 8.70. The number of para-hydroxylation sites is 1. The van der Waals surface area contributed by atoms with Crippen molar-refractivity contribution in [2.75, 3.05) is 6.61 Å². The Bertz CT molecular complexity index is 476. The molecule has 0 amide bonds. The summed E-state index contributed by atoms with van der Waals surface area (Å²) < 4.78 is 2.05. The molecule has 1 heterocycles. The van der Waals surface area contributed by atoms with Gasteiger partial charge in [0, 0.05) is 25.2 Å². The van der Waals surface area contributed by atoms with Gasteiger partial charge >= 0.3 is 0 Å². The SMILES string of the molecule is Cn1cc(CCCO)c2cccc(Cl)c21. The lowest BCUT2D eigenvalue weighted by atomic mass is 10.1. The number of fused-ring (bicyclic) bond motifs is 1. The van der Waals surface area contributed by atoms with E-state index in [1.165, 1.54) is 10.9 Å². The first-order chi connectivity index (χ1) is 7.24. The number of aromatic nitrogens is 1. The molecule has 15 heavy (non-hydrogen) atoms. The van der Waals surface area contributed by atoms with Crippen molar-refractivity contribution in [3.63, 3.8) is 0 Å². The minimum atomic E-state index is 0.233. The summed E-state index contributed by atoms with van der Waals surface area (Å²) in [6.07, 6.45) is 3.78. The van der Waals surface area contributed by atoms with Gasteiger partial charge in [-0.2, -0.15) is 0 Å². The first-order valence-corrected chi connectivity index (χ1v) is 5.45. The normalized spacial score (nSPS) is 11.1. The molecule has 0 fully saturated rings. The van der Waals surface area contributed by atoms with Gasteiger partial charge in [-0.1, -0.05) is 23.7 Å². The summed E-state index contributed by atoms with van der Waals surface area (Å²) in [4.78, 5) is 0. The van der Waals surface area contributed by atoms with E-state index in [0.717, 1.165) is 23.4 Å². The van der Waals surface area contributed by atoms with Crippen molar-refractivity contribution < 1.29 is 5.11 Å². The molecular weight excluding hydrogens is 210 g/mol. The Balaban J connectivity index is 2.53. The van der Waals surface area contributed by atoms with Crippen LogP contribution in [0, 0.1) is 0 Å². The van der Waals surface area contributed by atoms with Crippen LogP contribution in [0.2, 0.25) is 5.02 Å². The van der Waals surface area contributed by atoms with E-state index in [9.17, 15) is 0 Å². The van der Waals surface area contributed by atoms with Gasteiger partial charge in [-0.25, -0.2) is 0 Å². The highest BCUT2D eigenvalue weighted by Gasteiger charge is 2.08. The molecule has 1 aromatic carbocycles. The summed E-state index contributed by atoms with van der Waals surface area (Å²) >= 11 is 6.14. The maximum absolute atomic E-state index is 8.83.